The zero-order valence-electron chi connectivity index (χ0n) is 12.6. The third kappa shape index (κ3) is 2.85. The molecule has 0 radical (unpaired) electrons. The Kier molecular flexibility index (Phi) is 3.80. The molecule has 5 heteroatoms. The van der Waals surface area contributed by atoms with Crippen LogP contribution < -0.4 is 11.1 Å². The predicted octanol–water partition coefficient (Wildman–Crippen LogP) is 3.54. The molecular weight excluding hydrogens is 282 g/mol. The molecule has 1 aromatic heterocycles. The van der Waals surface area contributed by atoms with Crippen LogP contribution in [0.15, 0.2) is 12.1 Å². The highest BCUT2D eigenvalue weighted by Gasteiger charge is 2.34. The minimum absolute atomic E-state index is 0.146. The average molecular weight is 305 g/mol. The van der Waals surface area contributed by atoms with Crippen molar-refractivity contribution in [3.63, 3.8) is 0 Å². The lowest BCUT2D eigenvalue weighted by Gasteiger charge is -2.39. The van der Waals surface area contributed by atoms with E-state index in [0.717, 1.165) is 58.2 Å². The lowest BCUT2D eigenvalue weighted by atomic mass is 9.77. The molecule has 114 valence electrons. The maximum absolute atomic E-state index is 9.88. The van der Waals surface area contributed by atoms with Gasteiger partial charge in [-0.15, -0.1) is 11.3 Å². The Morgan fingerprint density at radius 3 is 2.81 bits per heavy atom. The van der Waals surface area contributed by atoms with Gasteiger partial charge in [-0.1, -0.05) is 6.92 Å². The predicted molar refractivity (Wildman–Crippen MR) is 89.8 cm³/mol. The number of aliphatic hydroxyl groups excluding tert-OH is 1. The summed E-state index contributed by atoms with van der Waals surface area (Å²) in [5.74, 6) is 0.743. The molecule has 4 N–H and O–H groups in total. The molecule has 0 spiro atoms. The maximum Gasteiger partial charge on any atom is 0.0907 e. The molecule has 1 aliphatic rings. The minimum atomic E-state index is -0.237. The van der Waals surface area contributed by atoms with Gasteiger partial charge in [0.2, 0.25) is 0 Å². The number of aromatic nitrogens is 1. The molecule has 21 heavy (non-hydrogen) atoms. The van der Waals surface area contributed by atoms with Crippen molar-refractivity contribution >= 4 is 32.9 Å². The fourth-order valence-corrected chi connectivity index (χ4v) is 3.99. The molecule has 0 amide bonds. The van der Waals surface area contributed by atoms with Gasteiger partial charge in [0.25, 0.3) is 0 Å². The van der Waals surface area contributed by atoms with Crippen molar-refractivity contribution in [2.75, 3.05) is 17.7 Å². The van der Waals surface area contributed by atoms with E-state index in [4.69, 9.17) is 5.73 Å². The number of nitrogen functional groups attached to an aromatic ring is 1. The smallest absolute Gasteiger partial charge is 0.0907 e. The maximum atomic E-state index is 9.88. The molecule has 4 nitrogen and oxygen atoms in total. The van der Waals surface area contributed by atoms with Crippen LogP contribution in [0.25, 0.3) is 10.2 Å². The van der Waals surface area contributed by atoms with Crippen LogP contribution in [-0.4, -0.2) is 22.2 Å². The largest absolute Gasteiger partial charge is 0.397 e. The Labute approximate surface area is 129 Å². The number of hydrogen-bond donors (Lipinski definition) is 3. The van der Waals surface area contributed by atoms with E-state index >= 15 is 0 Å². The summed E-state index contributed by atoms with van der Waals surface area (Å²) in [6, 6.07) is 4.00. The number of hydrogen-bond acceptors (Lipinski definition) is 5. The number of nitrogens with one attached hydrogen (secondary N) is 1. The highest BCUT2D eigenvalue weighted by molar-refractivity contribution is 7.18. The van der Waals surface area contributed by atoms with Crippen molar-refractivity contribution in [1.82, 2.24) is 4.98 Å². The number of aryl methyl sites for hydroxylation is 1. The van der Waals surface area contributed by atoms with Crippen molar-refractivity contribution in [3.8, 4) is 0 Å². The zero-order chi connectivity index (χ0) is 15.0. The normalized spacial score (nSPS) is 26.1. The van der Waals surface area contributed by atoms with Crippen molar-refractivity contribution in [2.45, 2.75) is 45.1 Å². The third-order valence-corrected chi connectivity index (χ3v) is 5.53. The van der Waals surface area contributed by atoms with Gasteiger partial charge >= 0.3 is 0 Å². The number of anilines is 2. The van der Waals surface area contributed by atoms with Gasteiger partial charge in [-0.2, -0.15) is 0 Å². The second-order valence-electron chi connectivity index (χ2n) is 6.39. The molecule has 3 rings (SSSR count). The number of thiazole rings is 1. The monoisotopic (exact) mass is 305 g/mol. The summed E-state index contributed by atoms with van der Waals surface area (Å²) in [6.07, 6.45) is 4.26. The second kappa shape index (κ2) is 5.46. The summed E-state index contributed by atoms with van der Waals surface area (Å²) < 4.78 is 1.12. The van der Waals surface area contributed by atoms with Crippen LogP contribution in [-0.2, 0) is 0 Å². The van der Waals surface area contributed by atoms with E-state index in [0.29, 0.717) is 0 Å². The van der Waals surface area contributed by atoms with E-state index in [9.17, 15) is 5.11 Å². The van der Waals surface area contributed by atoms with E-state index in [1.54, 1.807) is 11.3 Å². The van der Waals surface area contributed by atoms with E-state index < -0.39 is 0 Å². The molecule has 1 fully saturated rings. The Bertz CT molecular complexity index is 644. The van der Waals surface area contributed by atoms with Gasteiger partial charge in [0.05, 0.1) is 38.7 Å². The molecule has 0 aliphatic heterocycles. The SMILES string of the molecule is Cc1nc2cc(NC3(CO)CCC(C)CC3)c(N)cc2s1. The zero-order valence-corrected chi connectivity index (χ0v) is 13.5. The van der Waals surface area contributed by atoms with E-state index in [1.165, 1.54) is 0 Å². The molecule has 1 saturated carbocycles. The van der Waals surface area contributed by atoms with E-state index in [-0.39, 0.29) is 12.1 Å². The summed E-state index contributed by atoms with van der Waals surface area (Å²) >= 11 is 1.66. The first-order valence-electron chi connectivity index (χ1n) is 7.57. The van der Waals surface area contributed by atoms with Crippen molar-refractivity contribution in [3.05, 3.63) is 17.1 Å². The van der Waals surface area contributed by atoms with Crippen molar-refractivity contribution in [2.24, 2.45) is 5.92 Å². The summed E-state index contributed by atoms with van der Waals surface area (Å²) in [5.41, 5.74) is 8.56. The molecule has 1 aromatic carbocycles. The minimum Gasteiger partial charge on any atom is -0.397 e. The first kappa shape index (κ1) is 14.6. The number of nitrogens with two attached hydrogens (primary N) is 1. The van der Waals surface area contributed by atoms with E-state index in [1.807, 2.05) is 19.1 Å². The van der Waals surface area contributed by atoms with Gasteiger partial charge in [0.15, 0.2) is 0 Å². The van der Waals surface area contributed by atoms with Crippen LogP contribution >= 0.6 is 11.3 Å². The molecule has 1 aliphatic carbocycles. The van der Waals surface area contributed by atoms with Crippen LogP contribution in [0.2, 0.25) is 0 Å². The number of aliphatic hydroxyl groups is 1. The fourth-order valence-electron chi connectivity index (χ4n) is 3.14. The second-order valence-corrected chi connectivity index (χ2v) is 7.62. The summed E-state index contributed by atoms with van der Waals surface area (Å²) in [7, 11) is 0. The van der Waals surface area contributed by atoms with Crippen molar-refractivity contribution in [1.29, 1.82) is 0 Å². The first-order chi connectivity index (χ1) is 10.0. The molecule has 1 heterocycles. The Morgan fingerprint density at radius 1 is 1.43 bits per heavy atom. The molecular formula is C16H23N3OS. The lowest BCUT2D eigenvalue weighted by molar-refractivity contribution is 0.155. The van der Waals surface area contributed by atoms with Crippen LogP contribution in [0.5, 0.6) is 0 Å². The molecule has 0 unspecified atom stereocenters. The van der Waals surface area contributed by atoms with Gasteiger partial charge in [-0.25, -0.2) is 4.98 Å². The topological polar surface area (TPSA) is 71.2 Å². The summed E-state index contributed by atoms with van der Waals surface area (Å²) in [4.78, 5) is 4.53. The van der Waals surface area contributed by atoms with Crippen LogP contribution in [0.1, 0.15) is 37.6 Å². The van der Waals surface area contributed by atoms with Crippen molar-refractivity contribution < 1.29 is 5.11 Å². The first-order valence-corrected chi connectivity index (χ1v) is 8.39. The Hall–Kier alpha value is -1.33. The van der Waals surface area contributed by atoms with Crippen LogP contribution in [0, 0.1) is 12.8 Å². The summed E-state index contributed by atoms with van der Waals surface area (Å²) in [5, 5.41) is 14.5. The number of rotatable bonds is 3. The summed E-state index contributed by atoms with van der Waals surface area (Å²) in [6.45, 7) is 4.43. The number of nitrogens with zero attached hydrogens (tertiary/aromatic N) is 1. The van der Waals surface area contributed by atoms with Gasteiger partial charge in [0, 0.05) is 0 Å². The average Bonchev–Trinajstić information content (AvgIpc) is 2.81. The van der Waals surface area contributed by atoms with Crippen LogP contribution in [0.3, 0.4) is 0 Å². The molecule has 0 bridgehead atoms. The standard InChI is InChI=1S/C16H23N3OS/c1-10-3-5-16(9-20,6-4-10)19-13-8-14-15(7-12(13)17)21-11(2)18-14/h7-8,10,19-20H,3-6,9,17H2,1-2H3. The molecule has 2 aromatic rings. The van der Waals surface area contributed by atoms with Gasteiger partial charge in [-0.05, 0) is 50.7 Å². The number of fused-ring (bicyclic) bond motifs is 1. The van der Waals surface area contributed by atoms with Gasteiger partial charge < -0.3 is 16.2 Å². The highest BCUT2D eigenvalue weighted by atomic mass is 32.1. The quantitative estimate of drug-likeness (QED) is 0.759. The third-order valence-electron chi connectivity index (χ3n) is 4.60. The fraction of sp³-hybridized carbons (Fsp3) is 0.562. The van der Waals surface area contributed by atoms with Crippen LogP contribution in [0.4, 0.5) is 11.4 Å². The van der Waals surface area contributed by atoms with Gasteiger partial charge in [0.1, 0.15) is 0 Å². The molecule has 0 saturated heterocycles. The lowest BCUT2D eigenvalue weighted by Crippen LogP contribution is -2.45. The molecule has 0 atom stereocenters. The van der Waals surface area contributed by atoms with Gasteiger partial charge in [-0.3, -0.25) is 0 Å². The highest BCUT2D eigenvalue weighted by Crippen LogP contribution is 2.37. The Balaban J connectivity index is 1.90. The number of benzene rings is 1. The van der Waals surface area contributed by atoms with E-state index in [2.05, 4.69) is 17.2 Å². The Morgan fingerprint density at radius 2 is 2.14 bits per heavy atom.